The largest absolute Gasteiger partial charge is 0.494 e. The number of hydrogen-bond acceptors (Lipinski definition) is 4. The Balaban J connectivity index is 2.58. The Morgan fingerprint density at radius 2 is 2.11 bits per heavy atom. The van der Waals surface area contributed by atoms with Gasteiger partial charge in [-0.1, -0.05) is 0 Å². The maximum atomic E-state index is 11.5. The van der Waals surface area contributed by atoms with Gasteiger partial charge in [-0.25, -0.2) is 0 Å². The molecule has 1 aromatic rings. The van der Waals surface area contributed by atoms with E-state index in [0.717, 1.165) is 5.69 Å². The first kappa shape index (κ1) is 14.2. The smallest absolute Gasteiger partial charge is 0.239 e. The number of carbonyl (C=O) groups is 1. The van der Waals surface area contributed by atoms with E-state index in [1.165, 1.54) is 0 Å². The summed E-state index contributed by atoms with van der Waals surface area (Å²) in [5, 5.41) is 5.82. The van der Waals surface area contributed by atoms with Gasteiger partial charge >= 0.3 is 0 Å². The molecule has 1 amide bonds. The molecule has 0 aromatic heterocycles. The second kappa shape index (κ2) is 6.74. The van der Waals surface area contributed by atoms with Crippen LogP contribution in [0, 0.1) is 0 Å². The first-order chi connectivity index (χ1) is 8.51. The SMILES string of the molecule is CCOc1cc(N)cc(NCC(=O)NC(C)C)c1. The van der Waals surface area contributed by atoms with Gasteiger partial charge in [0.15, 0.2) is 0 Å². The van der Waals surface area contributed by atoms with Gasteiger partial charge in [0.1, 0.15) is 5.75 Å². The number of amides is 1. The molecule has 0 fully saturated rings. The maximum absolute atomic E-state index is 11.5. The molecule has 4 N–H and O–H groups in total. The highest BCUT2D eigenvalue weighted by Gasteiger charge is 2.04. The van der Waals surface area contributed by atoms with Crippen molar-refractivity contribution in [1.82, 2.24) is 5.32 Å². The molecule has 0 saturated carbocycles. The molecule has 0 aliphatic heterocycles. The third-order valence-electron chi connectivity index (χ3n) is 2.14. The van der Waals surface area contributed by atoms with Crippen LogP contribution in [0.2, 0.25) is 0 Å². The van der Waals surface area contributed by atoms with Crippen molar-refractivity contribution in [3.05, 3.63) is 18.2 Å². The first-order valence-electron chi connectivity index (χ1n) is 6.08. The highest BCUT2D eigenvalue weighted by molar-refractivity contribution is 5.81. The molecular formula is C13H21N3O2. The van der Waals surface area contributed by atoms with Crippen molar-refractivity contribution in [2.75, 3.05) is 24.2 Å². The van der Waals surface area contributed by atoms with Crippen LogP contribution in [-0.2, 0) is 4.79 Å². The quantitative estimate of drug-likeness (QED) is 0.671. The first-order valence-corrected chi connectivity index (χ1v) is 6.08. The van der Waals surface area contributed by atoms with Crippen LogP contribution in [0.3, 0.4) is 0 Å². The zero-order chi connectivity index (χ0) is 13.5. The lowest BCUT2D eigenvalue weighted by molar-refractivity contribution is -0.119. The van der Waals surface area contributed by atoms with E-state index in [4.69, 9.17) is 10.5 Å². The topological polar surface area (TPSA) is 76.4 Å². The van der Waals surface area contributed by atoms with E-state index in [2.05, 4.69) is 10.6 Å². The fourth-order valence-corrected chi connectivity index (χ4v) is 1.53. The summed E-state index contributed by atoms with van der Waals surface area (Å²) in [6.45, 7) is 6.55. The number of rotatable bonds is 6. The van der Waals surface area contributed by atoms with Crippen LogP contribution in [0.5, 0.6) is 5.75 Å². The molecule has 0 radical (unpaired) electrons. The molecule has 1 rings (SSSR count). The van der Waals surface area contributed by atoms with E-state index in [-0.39, 0.29) is 18.5 Å². The summed E-state index contributed by atoms with van der Waals surface area (Å²) in [5.74, 6) is 0.648. The second-order valence-corrected chi connectivity index (χ2v) is 4.30. The molecule has 0 aliphatic carbocycles. The van der Waals surface area contributed by atoms with Crippen molar-refractivity contribution in [1.29, 1.82) is 0 Å². The molecule has 0 aliphatic rings. The lowest BCUT2D eigenvalue weighted by Crippen LogP contribution is -2.34. The average Bonchev–Trinajstić information content (AvgIpc) is 2.25. The minimum absolute atomic E-state index is 0.0506. The van der Waals surface area contributed by atoms with E-state index < -0.39 is 0 Å². The molecule has 5 heteroatoms. The Morgan fingerprint density at radius 3 is 2.72 bits per heavy atom. The zero-order valence-corrected chi connectivity index (χ0v) is 11.1. The van der Waals surface area contributed by atoms with Crippen molar-refractivity contribution in [3.63, 3.8) is 0 Å². The summed E-state index contributed by atoms with van der Waals surface area (Å²) in [7, 11) is 0. The normalized spacial score (nSPS) is 10.2. The number of nitrogens with two attached hydrogens (primary N) is 1. The van der Waals surface area contributed by atoms with E-state index >= 15 is 0 Å². The van der Waals surface area contributed by atoms with E-state index in [9.17, 15) is 4.79 Å². The standard InChI is InChI=1S/C13H21N3O2/c1-4-18-12-6-10(14)5-11(7-12)15-8-13(17)16-9(2)3/h5-7,9,15H,4,8,14H2,1-3H3,(H,16,17). The third kappa shape index (κ3) is 4.95. The van der Waals surface area contributed by atoms with Crippen LogP contribution in [-0.4, -0.2) is 25.1 Å². The number of hydrogen-bond donors (Lipinski definition) is 3. The minimum atomic E-state index is -0.0506. The molecular weight excluding hydrogens is 230 g/mol. The molecule has 18 heavy (non-hydrogen) atoms. The number of carbonyl (C=O) groups excluding carboxylic acids is 1. The van der Waals surface area contributed by atoms with Gasteiger partial charge in [0.05, 0.1) is 13.2 Å². The summed E-state index contributed by atoms with van der Waals surface area (Å²) in [4.78, 5) is 11.5. The van der Waals surface area contributed by atoms with Gasteiger partial charge in [0.25, 0.3) is 0 Å². The molecule has 0 unspecified atom stereocenters. The summed E-state index contributed by atoms with van der Waals surface area (Å²) in [6.07, 6.45) is 0. The lowest BCUT2D eigenvalue weighted by Gasteiger charge is -2.12. The number of anilines is 2. The van der Waals surface area contributed by atoms with Crippen molar-refractivity contribution in [2.45, 2.75) is 26.8 Å². The molecule has 1 aromatic carbocycles. The molecule has 0 saturated heterocycles. The predicted octanol–water partition coefficient (Wildman–Crippen LogP) is 1.60. The summed E-state index contributed by atoms with van der Waals surface area (Å²) in [5.41, 5.74) is 7.14. The van der Waals surface area contributed by atoms with Crippen LogP contribution >= 0.6 is 0 Å². The van der Waals surface area contributed by atoms with Crippen molar-refractivity contribution in [3.8, 4) is 5.75 Å². The molecule has 100 valence electrons. The molecule has 5 nitrogen and oxygen atoms in total. The van der Waals surface area contributed by atoms with E-state index in [0.29, 0.717) is 18.0 Å². The predicted molar refractivity (Wildman–Crippen MR) is 73.8 cm³/mol. The lowest BCUT2D eigenvalue weighted by atomic mass is 10.2. The van der Waals surface area contributed by atoms with Crippen LogP contribution < -0.4 is 21.1 Å². The molecule has 0 bridgehead atoms. The van der Waals surface area contributed by atoms with Gasteiger partial charge in [0.2, 0.25) is 5.91 Å². The van der Waals surface area contributed by atoms with Gasteiger partial charge in [0, 0.05) is 29.5 Å². The number of benzene rings is 1. The van der Waals surface area contributed by atoms with Crippen LogP contribution in [0.1, 0.15) is 20.8 Å². The number of nitrogen functional groups attached to an aromatic ring is 1. The Bertz CT molecular complexity index is 405. The van der Waals surface area contributed by atoms with Crippen LogP contribution in [0.15, 0.2) is 18.2 Å². The highest BCUT2D eigenvalue weighted by atomic mass is 16.5. The zero-order valence-electron chi connectivity index (χ0n) is 11.1. The Kier molecular flexibility index (Phi) is 5.30. The van der Waals surface area contributed by atoms with Crippen LogP contribution in [0.4, 0.5) is 11.4 Å². The minimum Gasteiger partial charge on any atom is -0.494 e. The van der Waals surface area contributed by atoms with Gasteiger partial charge in [-0.15, -0.1) is 0 Å². The molecule has 0 heterocycles. The summed E-state index contributed by atoms with van der Waals surface area (Å²) < 4.78 is 5.38. The van der Waals surface area contributed by atoms with Gasteiger partial charge in [-0.2, -0.15) is 0 Å². The van der Waals surface area contributed by atoms with Crippen LogP contribution in [0.25, 0.3) is 0 Å². The summed E-state index contributed by atoms with van der Waals surface area (Å²) >= 11 is 0. The van der Waals surface area contributed by atoms with Crippen molar-refractivity contribution >= 4 is 17.3 Å². The molecule has 0 spiro atoms. The number of ether oxygens (including phenoxy) is 1. The monoisotopic (exact) mass is 251 g/mol. The van der Waals surface area contributed by atoms with Crippen molar-refractivity contribution in [2.24, 2.45) is 0 Å². The maximum Gasteiger partial charge on any atom is 0.239 e. The van der Waals surface area contributed by atoms with Gasteiger partial charge < -0.3 is 21.1 Å². The van der Waals surface area contributed by atoms with Gasteiger partial charge in [-0.3, -0.25) is 4.79 Å². The third-order valence-corrected chi connectivity index (χ3v) is 2.14. The van der Waals surface area contributed by atoms with E-state index in [1.807, 2.05) is 26.8 Å². The van der Waals surface area contributed by atoms with Crippen molar-refractivity contribution < 1.29 is 9.53 Å². The number of nitrogens with one attached hydrogen (secondary N) is 2. The Hall–Kier alpha value is -1.91. The second-order valence-electron chi connectivity index (χ2n) is 4.30. The van der Waals surface area contributed by atoms with E-state index in [1.54, 1.807) is 12.1 Å². The molecule has 0 atom stereocenters. The highest BCUT2D eigenvalue weighted by Crippen LogP contribution is 2.22. The Labute approximate surface area is 108 Å². The fourth-order valence-electron chi connectivity index (χ4n) is 1.53. The summed E-state index contributed by atoms with van der Waals surface area (Å²) in [6, 6.07) is 5.48. The fraction of sp³-hybridized carbons (Fsp3) is 0.462. The Morgan fingerprint density at radius 1 is 1.39 bits per heavy atom. The average molecular weight is 251 g/mol. The van der Waals surface area contributed by atoms with Gasteiger partial charge in [-0.05, 0) is 26.8 Å².